The van der Waals surface area contributed by atoms with Crippen LogP contribution in [0.5, 0.6) is 0 Å². The van der Waals surface area contributed by atoms with Crippen molar-refractivity contribution < 1.29 is 4.79 Å². The van der Waals surface area contributed by atoms with E-state index in [9.17, 15) is 4.79 Å². The molecule has 116 valence electrons. The van der Waals surface area contributed by atoms with Gasteiger partial charge in [0.15, 0.2) is 0 Å². The second-order valence-electron chi connectivity index (χ2n) is 5.45. The fourth-order valence-corrected chi connectivity index (χ4v) is 5.64. The van der Waals surface area contributed by atoms with Crippen molar-refractivity contribution in [1.82, 2.24) is 4.90 Å². The first-order chi connectivity index (χ1) is 10.1. The SMILES string of the molecule is CN(Cc1cccc(Cl)c1)C(=O)CCCCC1CCSS1. The largest absolute Gasteiger partial charge is 0.341 e. The van der Waals surface area contributed by atoms with Gasteiger partial charge in [-0.3, -0.25) is 4.79 Å². The van der Waals surface area contributed by atoms with E-state index in [1.165, 1.54) is 18.6 Å². The molecule has 1 heterocycles. The molecule has 0 aliphatic carbocycles. The van der Waals surface area contributed by atoms with E-state index in [2.05, 4.69) is 0 Å². The number of benzene rings is 1. The van der Waals surface area contributed by atoms with Crippen LogP contribution in [0.1, 0.15) is 37.7 Å². The maximum absolute atomic E-state index is 12.1. The molecule has 21 heavy (non-hydrogen) atoms. The number of hydrogen-bond donors (Lipinski definition) is 0. The molecule has 0 bridgehead atoms. The second-order valence-corrected chi connectivity index (χ2v) is 8.68. The molecule has 5 heteroatoms. The molecule has 0 saturated carbocycles. The molecule has 0 radical (unpaired) electrons. The summed E-state index contributed by atoms with van der Waals surface area (Å²) in [6, 6.07) is 7.70. The van der Waals surface area contributed by atoms with Crippen LogP contribution in [0.15, 0.2) is 24.3 Å². The van der Waals surface area contributed by atoms with Crippen LogP contribution in [0.2, 0.25) is 5.02 Å². The minimum atomic E-state index is 0.225. The predicted octanol–water partition coefficient (Wildman–Crippen LogP) is 5.01. The average Bonchev–Trinajstić information content (AvgIpc) is 2.96. The molecule has 1 aromatic carbocycles. The fourth-order valence-electron chi connectivity index (χ4n) is 2.40. The Hall–Kier alpha value is -0.320. The highest BCUT2D eigenvalue weighted by atomic mass is 35.5. The third-order valence-electron chi connectivity index (χ3n) is 3.63. The number of carbonyl (C=O) groups excluding carboxylic acids is 1. The van der Waals surface area contributed by atoms with Gasteiger partial charge in [-0.25, -0.2) is 0 Å². The van der Waals surface area contributed by atoms with E-state index in [4.69, 9.17) is 11.6 Å². The van der Waals surface area contributed by atoms with E-state index in [1.807, 2.05) is 52.9 Å². The van der Waals surface area contributed by atoms with Crippen molar-refractivity contribution in [1.29, 1.82) is 0 Å². The van der Waals surface area contributed by atoms with Gasteiger partial charge in [0, 0.05) is 36.0 Å². The number of rotatable bonds is 7. The zero-order valence-electron chi connectivity index (χ0n) is 12.4. The lowest BCUT2D eigenvalue weighted by atomic mass is 10.1. The molecule has 1 aliphatic heterocycles. The van der Waals surface area contributed by atoms with Crippen LogP contribution >= 0.6 is 33.2 Å². The Morgan fingerprint density at radius 1 is 1.43 bits per heavy atom. The molecule has 1 saturated heterocycles. The number of amides is 1. The number of halogens is 1. The van der Waals surface area contributed by atoms with Gasteiger partial charge in [0.25, 0.3) is 0 Å². The molecule has 0 aromatic heterocycles. The summed E-state index contributed by atoms with van der Waals surface area (Å²) >= 11 is 5.97. The van der Waals surface area contributed by atoms with Gasteiger partial charge in [0.05, 0.1) is 0 Å². The molecule has 1 unspecified atom stereocenters. The minimum absolute atomic E-state index is 0.225. The summed E-state index contributed by atoms with van der Waals surface area (Å²) < 4.78 is 0. The molecule has 1 aliphatic rings. The fraction of sp³-hybridized carbons (Fsp3) is 0.562. The van der Waals surface area contributed by atoms with Gasteiger partial charge in [-0.05, 0) is 37.0 Å². The summed E-state index contributed by atoms with van der Waals surface area (Å²) in [5.41, 5.74) is 1.08. The first-order valence-electron chi connectivity index (χ1n) is 7.42. The summed E-state index contributed by atoms with van der Waals surface area (Å²) in [6.07, 6.45) is 5.40. The molecule has 0 N–H and O–H groups in total. The Morgan fingerprint density at radius 3 is 3.00 bits per heavy atom. The van der Waals surface area contributed by atoms with Gasteiger partial charge in [-0.1, -0.05) is 51.7 Å². The van der Waals surface area contributed by atoms with Crippen LogP contribution in [0.25, 0.3) is 0 Å². The number of unbranched alkanes of at least 4 members (excludes halogenated alkanes) is 1. The van der Waals surface area contributed by atoms with E-state index in [0.29, 0.717) is 13.0 Å². The third kappa shape index (κ3) is 6.13. The molecular formula is C16H22ClNOS2. The van der Waals surface area contributed by atoms with E-state index >= 15 is 0 Å². The Kier molecular flexibility index (Phi) is 7.27. The van der Waals surface area contributed by atoms with E-state index < -0.39 is 0 Å². The number of nitrogens with zero attached hydrogens (tertiary/aromatic N) is 1. The molecule has 1 aromatic rings. The maximum atomic E-state index is 12.1. The van der Waals surface area contributed by atoms with Crippen molar-refractivity contribution in [2.45, 2.75) is 43.9 Å². The second kappa shape index (κ2) is 8.96. The summed E-state index contributed by atoms with van der Waals surface area (Å²) in [7, 11) is 5.87. The molecular weight excluding hydrogens is 322 g/mol. The lowest BCUT2D eigenvalue weighted by Gasteiger charge is -2.17. The normalized spacial score (nSPS) is 17.9. The molecule has 1 atom stereocenters. The van der Waals surface area contributed by atoms with Gasteiger partial charge in [0.1, 0.15) is 0 Å². The lowest BCUT2D eigenvalue weighted by molar-refractivity contribution is -0.130. The highest BCUT2D eigenvalue weighted by Crippen LogP contribution is 2.39. The molecule has 1 amide bonds. The van der Waals surface area contributed by atoms with E-state index in [1.54, 1.807) is 4.90 Å². The third-order valence-corrected chi connectivity index (χ3v) is 6.87. The first-order valence-corrected chi connectivity index (χ1v) is 10.2. The highest BCUT2D eigenvalue weighted by molar-refractivity contribution is 8.77. The van der Waals surface area contributed by atoms with Crippen LogP contribution in [0.4, 0.5) is 0 Å². The summed E-state index contributed by atoms with van der Waals surface area (Å²) in [5.74, 6) is 1.51. The topological polar surface area (TPSA) is 20.3 Å². The quantitative estimate of drug-likeness (QED) is 0.512. The van der Waals surface area contributed by atoms with E-state index in [-0.39, 0.29) is 5.91 Å². The molecule has 1 fully saturated rings. The Labute approximate surface area is 140 Å². The zero-order chi connectivity index (χ0) is 15.1. The van der Waals surface area contributed by atoms with Gasteiger partial charge < -0.3 is 4.90 Å². The lowest BCUT2D eigenvalue weighted by Crippen LogP contribution is -2.25. The standard InChI is InChI=1S/C16H22ClNOS2/c1-18(12-13-5-4-6-14(17)11-13)16(19)8-3-2-7-15-9-10-20-21-15/h4-6,11,15H,2-3,7-10,12H2,1H3. The zero-order valence-corrected chi connectivity index (χ0v) is 14.8. The maximum Gasteiger partial charge on any atom is 0.222 e. The molecule has 2 nitrogen and oxygen atoms in total. The van der Waals surface area contributed by atoms with Gasteiger partial charge >= 0.3 is 0 Å². The molecule has 2 rings (SSSR count). The first kappa shape index (κ1) is 17.0. The summed E-state index contributed by atoms with van der Waals surface area (Å²) in [5, 5.41) is 1.54. The van der Waals surface area contributed by atoms with Gasteiger partial charge in [-0.2, -0.15) is 0 Å². The summed E-state index contributed by atoms with van der Waals surface area (Å²) in [6.45, 7) is 0.633. The van der Waals surface area contributed by atoms with Crippen molar-refractivity contribution >= 4 is 39.1 Å². The van der Waals surface area contributed by atoms with Crippen molar-refractivity contribution in [3.05, 3.63) is 34.9 Å². The Morgan fingerprint density at radius 2 is 2.29 bits per heavy atom. The number of hydrogen-bond acceptors (Lipinski definition) is 3. The summed E-state index contributed by atoms with van der Waals surface area (Å²) in [4.78, 5) is 13.9. The Bertz CT molecular complexity index is 463. The Balaban J connectivity index is 1.65. The molecule has 0 spiro atoms. The van der Waals surface area contributed by atoms with Crippen molar-refractivity contribution in [3.63, 3.8) is 0 Å². The van der Waals surface area contributed by atoms with Crippen LogP contribution < -0.4 is 0 Å². The van der Waals surface area contributed by atoms with Crippen molar-refractivity contribution in [3.8, 4) is 0 Å². The van der Waals surface area contributed by atoms with Crippen LogP contribution in [0, 0.1) is 0 Å². The monoisotopic (exact) mass is 343 g/mol. The highest BCUT2D eigenvalue weighted by Gasteiger charge is 2.16. The van der Waals surface area contributed by atoms with Crippen LogP contribution in [-0.2, 0) is 11.3 Å². The smallest absolute Gasteiger partial charge is 0.222 e. The van der Waals surface area contributed by atoms with Gasteiger partial charge in [0.2, 0.25) is 5.91 Å². The predicted molar refractivity (Wildman–Crippen MR) is 94.8 cm³/mol. The van der Waals surface area contributed by atoms with Crippen molar-refractivity contribution in [2.24, 2.45) is 0 Å². The average molecular weight is 344 g/mol. The van der Waals surface area contributed by atoms with Gasteiger partial charge in [-0.15, -0.1) is 0 Å². The minimum Gasteiger partial charge on any atom is -0.341 e. The van der Waals surface area contributed by atoms with E-state index in [0.717, 1.165) is 28.7 Å². The van der Waals surface area contributed by atoms with Crippen LogP contribution in [0.3, 0.4) is 0 Å². The number of carbonyl (C=O) groups is 1. The van der Waals surface area contributed by atoms with Crippen molar-refractivity contribution in [2.75, 3.05) is 12.8 Å². The van der Waals surface area contributed by atoms with Crippen LogP contribution in [-0.4, -0.2) is 28.9 Å².